The van der Waals surface area contributed by atoms with Gasteiger partial charge in [0.2, 0.25) is 11.8 Å². The largest absolute Gasteiger partial charge is 0.419 e. The summed E-state index contributed by atoms with van der Waals surface area (Å²) in [6.45, 7) is 3.39. The maximum atomic E-state index is 13.3. The predicted octanol–water partition coefficient (Wildman–Crippen LogP) is 2.04. The first-order chi connectivity index (χ1) is 13.0. The van der Waals surface area contributed by atoms with Gasteiger partial charge < -0.3 is 9.47 Å². The number of rotatable bonds is 2. The van der Waals surface area contributed by atoms with Gasteiger partial charge in [-0.2, -0.15) is 18.4 Å². The van der Waals surface area contributed by atoms with Crippen molar-refractivity contribution in [3.8, 4) is 6.07 Å². The molecule has 10 heteroatoms. The van der Waals surface area contributed by atoms with E-state index in [2.05, 4.69) is 4.98 Å². The fraction of sp³-hybridized carbons (Fsp3) is 0.556. The summed E-state index contributed by atoms with van der Waals surface area (Å²) in [5.41, 5.74) is -4.43. The number of nitrogens with zero attached hydrogens (tertiary/aromatic N) is 3. The third-order valence-electron chi connectivity index (χ3n) is 6.09. The smallest absolute Gasteiger partial charge is 0.378 e. The third-order valence-corrected chi connectivity index (χ3v) is 6.09. The van der Waals surface area contributed by atoms with Crippen molar-refractivity contribution in [2.24, 2.45) is 11.8 Å². The molecule has 148 valence electrons. The summed E-state index contributed by atoms with van der Waals surface area (Å²) in [5.74, 6) is -2.96. The van der Waals surface area contributed by atoms with Crippen molar-refractivity contribution in [2.45, 2.75) is 43.8 Å². The van der Waals surface area contributed by atoms with E-state index in [1.165, 1.54) is 13.2 Å². The van der Waals surface area contributed by atoms with Gasteiger partial charge in [0.1, 0.15) is 11.7 Å². The standard InChI is InChI=1S/C18H16F3N3O4/c1-16-5-11(27-3)17(2,28-16)13-12(16)14(25)24(15(13)26)8-4-9(18(19,20)21)10(6-22)23-7-8/h4,7,11-13H,5H2,1-3H3/t11-,12+,13-,16+,17-/m0/s1. The zero-order valence-electron chi connectivity index (χ0n) is 15.2. The van der Waals surface area contributed by atoms with Crippen molar-refractivity contribution in [1.82, 2.24) is 4.98 Å². The summed E-state index contributed by atoms with van der Waals surface area (Å²) in [5, 5.41) is 8.88. The van der Waals surface area contributed by atoms with Crippen LogP contribution in [0.2, 0.25) is 0 Å². The zero-order valence-corrected chi connectivity index (χ0v) is 15.2. The zero-order chi connectivity index (χ0) is 20.6. The van der Waals surface area contributed by atoms with E-state index in [4.69, 9.17) is 14.7 Å². The molecular weight excluding hydrogens is 379 g/mol. The molecule has 0 unspecified atom stereocenters. The fourth-order valence-corrected chi connectivity index (χ4v) is 4.95. The number of methoxy groups -OCH3 is 1. The Kier molecular flexibility index (Phi) is 3.71. The number of halogens is 3. The third kappa shape index (κ3) is 2.20. The lowest BCUT2D eigenvalue weighted by Gasteiger charge is -2.34. The second kappa shape index (κ2) is 5.52. The second-order valence-corrected chi connectivity index (χ2v) is 7.69. The number of ether oxygens (including phenoxy) is 2. The highest BCUT2D eigenvalue weighted by Crippen LogP contribution is 2.61. The molecule has 0 aromatic carbocycles. The number of fused-ring (bicyclic) bond motifs is 5. The lowest BCUT2D eigenvalue weighted by atomic mass is 9.67. The number of pyridine rings is 1. The number of amides is 2. The number of alkyl halides is 3. The summed E-state index contributed by atoms with van der Waals surface area (Å²) in [6, 6.07) is 1.99. The molecule has 5 atom stereocenters. The minimum Gasteiger partial charge on any atom is -0.378 e. The molecule has 0 N–H and O–H groups in total. The number of nitriles is 1. The topological polar surface area (TPSA) is 92.5 Å². The van der Waals surface area contributed by atoms with Crippen molar-refractivity contribution >= 4 is 17.5 Å². The Morgan fingerprint density at radius 3 is 2.54 bits per heavy atom. The average Bonchev–Trinajstić information content (AvgIpc) is 3.14. The minimum absolute atomic E-state index is 0.309. The molecule has 7 nitrogen and oxygen atoms in total. The van der Waals surface area contributed by atoms with Gasteiger partial charge in [-0.1, -0.05) is 0 Å². The van der Waals surface area contributed by atoms with Crippen LogP contribution in [0, 0.1) is 23.2 Å². The molecule has 2 bridgehead atoms. The van der Waals surface area contributed by atoms with Gasteiger partial charge in [0.05, 0.1) is 41.0 Å². The first kappa shape index (κ1) is 18.8. The average molecular weight is 395 g/mol. The van der Waals surface area contributed by atoms with E-state index >= 15 is 0 Å². The van der Waals surface area contributed by atoms with Crippen molar-refractivity contribution in [2.75, 3.05) is 12.0 Å². The molecule has 3 aliphatic heterocycles. The highest BCUT2D eigenvalue weighted by atomic mass is 19.4. The predicted molar refractivity (Wildman–Crippen MR) is 86.7 cm³/mol. The van der Waals surface area contributed by atoms with Crippen LogP contribution in [-0.2, 0) is 25.2 Å². The Morgan fingerprint density at radius 2 is 1.96 bits per heavy atom. The molecule has 0 radical (unpaired) electrons. The number of hydrogen-bond donors (Lipinski definition) is 0. The van der Waals surface area contributed by atoms with E-state index < -0.39 is 58.4 Å². The van der Waals surface area contributed by atoms with Crippen LogP contribution in [-0.4, -0.2) is 41.2 Å². The summed E-state index contributed by atoms with van der Waals surface area (Å²) in [6.07, 6.45) is -3.93. The Hall–Kier alpha value is -2.51. The van der Waals surface area contributed by atoms with Gasteiger partial charge in [0.15, 0.2) is 5.69 Å². The summed E-state index contributed by atoms with van der Waals surface area (Å²) in [4.78, 5) is 30.4. The van der Waals surface area contributed by atoms with E-state index in [0.717, 1.165) is 11.1 Å². The maximum absolute atomic E-state index is 13.3. The van der Waals surface area contributed by atoms with Gasteiger partial charge in [0.25, 0.3) is 0 Å². The highest BCUT2D eigenvalue weighted by Gasteiger charge is 2.76. The Labute approximate surface area is 158 Å². The van der Waals surface area contributed by atoms with E-state index in [-0.39, 0.29) is 5.69 Å². The summed E-state index contributed by atoms with van der Waals surface area (Å²) in [7, 11) is 1.48. The number of imide groups is 1. The SMILES string of the molecule is CO[C@H]1C[C@@]2(C)O[C@]1(C)[C@@H]1C(=O)N(c3cnc(C#N)c(C(F)(F)F)c3)C(=O)[C@@H]12. The Bertz CT molecular complexity index is 943. The van der Waals surface area contributed by atoms with Crippen LogP contribution >= 0.6 is 0 Å². The second-order valence-electron chi connectivity index (χ2n) is 7.69. The summed E-state index contributed by atoms with van der Waals surface area (Å²) < 4.78 is 51.3. The van der Waals surface area contributed by atoms with Gasteiger partial charge in [0, 0.05) is 13.5 Å². The molecule has 3 fully saturated rings. The van der Waals surface area contributed by atoms with E-state index in [1.54, 1.807) is 13.8 Å². The molecule has 4 rings (SSSR count). The van der Waals surface area contributed by atoms with Crippen molar-refractivity contribution in [1.29, 1.82) is 5.26 Å². The quantitative estimate of drug-likeness (QED) is 0.712. The van der Waals surface area contributed by atoms with Crippen LogP contribution < -0.4 is 4.90 Å². The molecule has 3 aliphatic rings. The van der Waals surface area contributed by atoms with Crippen molar-refractivity contribution < 1.29 is 32.2 Å². The lowest BCUT2D eigenvalue weighted by Crippen LogP contribution is -2.49. The van der Waals surface area contributed by atoms with Crippen molar-refractivity contribution in [3.63, 3.8) is 0 Å². The maximum Gasteiger partial charge on any atom is 0.419 e. The molecule has 3 saturated heterocycles. The Balaban J connectivity index is 1.80. The van der Waals surface area contributed by atoms with Gasteiger partial charge in [-0.05, 0) is 19.9 Å². The number of carbonyl (C=O) groups is 2. The van der Waals surface area contributed by atoms with Crippen LogP contribution in [0.15, 0.2) is 12.3 Å². The van der Waals surface area contributed by atoms with Crippen LogP contribution in [0.1, 0.15) is 31.5 Å². The lowest BCUT2D eigenvalue weighted by molar-refractivity contribution is -0.138. The van der Waals surface area contributed by atoms with E-state index in [0.29, 0.717) is 12.5 Å². The van der Waals surface area contributed by atoms with Crippen LogP contribution in [0.3, 0.4) is 0 Å². The molecule has 0 spiro atoms. The molecule has 0 saturated carbocycles. The van der Waals surface area contributed by atoms with Crippen LogP contribution in [0.4, 0.5) is 18.9 Å². The van der Waals surface area contributed by atoms with E-state index in [1.807, 2.05) is 0 Å². The van der Waals surface area contributed by atoms with Gasteiger partial charge >= 0.3 is 6.18 Å². The van der Waals surface area contributed by atoms with E-state index in [9.17, 15) is 22.8 Å². The molecule has 0 aliphatic carbocycles. The molecule has 1 aromatic heterocycles. The highest BCUT2D eigenvalue weighted by molar-refractivity contribution is 6.23. The molecule has 2 amide bonds. The van der Waals surface area contributed by atoms with Gasteiger partial charge in [-0.25, -0.2) is 9.88 Å². The first-order valence-corrected chi connectivity index (χ1v) is 8.56. The molecular formula is C18H16F3N3O4. The number of carbonyl (C=O) groups excluding carboxylic acids is 2. The Morgan fingerprint density at radius 1 is 1.32 bits per heavy atom. The van der Waals surface area contributed by atoms with Crippen molar-refractivity contribution in [3.05, 3.63) is 23.5 Å². The molecule has 28 heavy (non-hydrogen) atoms. The molecule has 1 aromatic rings. The number of hydrogen-bond acceptors (Lipinski definition) is 6. The number of anilines is 1. The fourth-order valence-electron chi connectivity index (χ4n) is 4.95. The van der Waals surface area contributed by atoms with Gasteiger partial charge in [-0.15, -0.1) is 0 Å². The van der Waals surface area contributed by atoms with Crippen LogP contribution in [0.5, 0.6) is 0 Å². The minimum atomic E-state index is -4.85. The normalized spacial score (nSPS) is 36.8. The first-order valence-electron chi connectivity index (χ1n) is 8.56. The molecule has 4 heterocycles. The summed E-state index contributed by atoms with van der Waals surface area (Å²) >= 11 is 0. The monoisotopic (exact) mass is 395 g/mol. The van der Waals surface area contributed by atoms with Crippen LogP contribution in [0.25, 0.3) is 0 Å². The van der Waals surface area contributed by atoms with Gasteiger partial charge in [-0.3, -0.25) is 9.59 Å². The number of aromatic nitrogens is 1.